The topological polar surface area (TPSA) is 99.4 Å². The molecule has 38 heavy (non-hydrogen) atoms. The Kier molecular flexibility index (Phi) is 8.29. The first-order valence-corrected chi connectivity index (χ1v) is 12.2. The Hall–Kier alpha value is -3.95. The van der Waals surface area contributed by atoms with Crippen molar-refractivity contribution in [2.45, 2.75) is 38.5 Å². The largest absolute Gasteiger partial charge is 0.390 e. The summed E-state index contributed by atoms with van der Waals surface area (Å²) in [4.78, 5) is 30.0. The Balaban J connectivity index is 1.66. The summed E-state index contributed by atoms with van der Waals surface area (Å²) in [5.74, 6) is -2.70. The molecule has 2 atom stereocenters. The number of nitrogens with one attached hydrogen (secondary N) is 1. The van der Waals surface area contributed by atoms with Crippen LogP contribution in [0.2, 0.25) is 0 Å². The molecule has 0 aliphatic carbocycles. The molecule has 1 amide bonds. The second-order valence-electron chi connectivity index (χ2n) is 9.31. The highest BCUT2D eigenvalue weighted by atomic mass is 19.1. The molecule has 1 aromatic heterocycles. The lowest BCUT2D eigenvalue weighted by Gasteiger charge is -2.29. The summed E-state index contributed by atoms with van der Waals surface area (Å²) in [5, 5.41) is 11.2. The zero-order valence-corrected chi connectivity index (χ0v) is 20.8. The van der Waals surface area contributed by atoms with E-state index in [1.54, 1.807) is 0 Å². The summed E-state index contributed by atoms with van der Waals surface area (Å²) in [6.45, 7) is 1.84. The summed E-state index contributed by atoms with van der Waals surface area (Å²) in [5.41, 5.74) is 7.99. The van der Waals surface area contributed by atoms with Crippen molar-refractivity contribution < 1.29 is 23.1 Å². The molecule has 0 saturated carbocycles. The molecule has 0 radical (unpaired) electrons. The van der Waals surface area contributed by atoms with Gasteiger partial charge >= 0.3 is 0 Å². The van der Waals surface area contributed by atoms with E-state index in [-0.39, 0.29) is 36.0 Å². The number of amides is 1. The number of pyridine rings is 1. The fraction of sp³-hybridized carbons (Fsp3) is 0.241. The molecular formula is C29H28F3N3O3. The number of benzene rings is 3. The third-order valence-electron chi connectivity index (χ3n) is 6.39. The molecule has 9 heteroatoms. The molecule has 0 aliphatic rings. The Morgan fingerprint density at radius 1 is 0.947 bits per heavy atom. The number of H-pyrrole nitrogens is 1. The van der Waals surface area contributed by atoms with Crippen molar-refractivity contribution in [3.63, 3.8) is 0 Å². The number of carbonyl (C=O) groups is 1. The van der Waals surface area contributed by atoms with Crippen LogP contribution in [0.3, 0.4) is 0 Å². The number of rotatable bonds is 9. The molecule has 0 fully saturated rings. The molecule has 1 heterocycles. The zero-order valence-electron chi connectivity index (χ0n) is 20.8. The summed E-state index contributed by atoms with van der Waals surface area (Å²) in [6.07, 6.45) is -0.538. The number of fused-ring (bicyclic) bond motifs is 1. The molecule has 4 N–H and O–H groups in total. The van der Waals surface area contributed by atoms with Gasteiger partial charge in [0.25, 0.3) is 5.91 Å². The molecule has 0 aliphatic heterocycles. The first-order chi connectivity index (χ1) is 18.1. The highest BCUT2D eigenvalue weighted by Crippen LogP contribution is 2.21. The highest BCUT2D eigenvalue weighted by Gasteiger charge is 2.25. The van der Waals surface area contributed by atoms with E-state index in [0.29, 0.717) is 5.52 Å². The van der Waals surface area contributed by atoms with Crippen molar-refractivity contribution in [1.29, 1.82) is 0 Å². The number of nitrogens with two attached hydrogens (primary N) is 1. The van der Waals surface area contributed by atoms with Crippen LogP contribution in [0.5, 0.6) is 0 Å². The van der Waals surface area contributed by atoms with Gasteiger partial charge in [-0.3, -0.25) is 9.59 Å². The van der Waals surface area contributed by atoms with Gasteiger partial charge in [-0.25, -0.2) is 13.2 Å². The molecule has 0 saturated heterocycles. The number of halogens is 3. The van der Waals surface area contributed by atoms with Gasteiger partial charge in [-0.2, -0.15) is 0 Å². The van der Waals surface area contributed by atoms with Gasteiger partial charge in [0.15, 0.2) is 0 Å². The molecule has 4 rings (SSSR count). The third-order valence-corrected chi connectivity index (χ3v) is 6.39. The molecule has 3 aromatic carbocycles. The van der Waals surface area contributed by atoms with E-state index in [4.69, 9.17) is 5.73 Å². The van der Waals surface area contributed by atoms with Gasteiger partial charge in [-0.05, 0) is 59.9 Å². The molecule has 2 unspecified atom stereocenters. The van der Waals surface area contributed by atoms with Gasteiger partial charge in [0, 0.05) is 42.2 Å². The SMILES string of the molecule is CCc1cccc(CN(CC(O)C(N)Cc2cc(F)cc(F)c2)C(=O)c2cc(=O)[nH]c3ccc(F)cc23)c1. The number of aromatic amines is 1. The van der Waals surface area contributed by atoms with E-state index in [1.807, 2.05) is 31.2 Å². The van der Waals surface area contributed by atoms with Gasteiger partial charge in [-0.1, -0.05) is 31.2 Å². The zero-order chi connectivity index (χ0) is 27.4. The van der Waals surface area contributed by atoms with Crippen molar-refractivity contribution in [3.05, 3.63) is 117 Å². The van der Waals surface area contributed by atoms with Crippen LogP contribution in [0.1, 0.15) is 34.0 Å². The Bertz CT molecular complexity index is 1500. The van der Waals surface area contributed by atoms with E-state index in [1.165, 1.54) is 17.0 Å². The first-order valence-electron chi connectivity index (χ1n) is 12.2. The van der Waals surface area contributed by atoms with Crippen LogP contribution in [0.4, 0.5) is 13.2 Å². The van der Waals surface area contributed by atoms with Gasteiger partial charge in [0.05, 0.1) is 11.7 Å². The van der Waals surface area contributed by atoms with Crippen molar-refractivity contribution in [2.24, 2.45) is 5.73 Å². The third kappa shape index (κ3) is 6.48. The van der Waals surface area contributed by atoms with Crippen molar-refractivity contribution in [1.82, 2.24) is 9.88 Å². The molecule has 4 aromatic rings. The number of hydrogen-bond acceptors (Lipinski definition) is 4. The lowest BCUT2D eigenvalue weighted by Crippen LogP contribution is -2.46. The van der Waals surface area contributed by atoms with Gasteiger partial charge in [0.2, 0.25) is 5.56 Å². The Morgan fingerprint density at radius 3 is 2.37 bits per heavy atom. The smallest absolute Gasteiger partial charge is 0.255 e. The average molecular weight is 524 g/mol. The number of aliphatic hydroxyl groups is 1. The van der Waals surface area contributed by atoms with Crippen molar-refractivity contribution >= 4 is 16.8 Å². The second-order valence-corrected chi connectivity index (χ2v) is 9.31. The summed E-state index contributed by atoms with van der Waals surface area (Å²) < 4.78 is 41.3. The van der Waals surface area contributed by atoms with E-state index in [2.05, 4.69) is 4.98 Å². The normalized spacial score (nSPS) is 12.9. The number of aliphatic hydroxyl groups excluding tert-OH is 1. The summed E-state index contributed by atoms with van der Waals surface area (Å²) in [7, 11) is 0. The number of aryl methyl sites for hydroxylation is 1. The van der Waals surface area contributed by atoms with E-state index in [0.717, 1.165) is 47.9 Å². The Labute approximate surface area is 217 Å². The van der Waals surface area contributed by atoms with Crippen LogP contribution in [-0.4, -0.2) is 39.6 Å². The second kappa shape index (κ2) is 11.6. The van der Waals surface area contributed by atoms with E-state index < -0.39 is 41.1 Å². The predicted octanol–water partition coefficient (Wildman–Crippen LogP) is 4.08. The fourth-order valence-electron chi connectivity index (χ4n) is 4.46. The molecule has 198 valence electrons. The van der Waals surface area contributed by atoms with Crippen molar-refractivity contribution in [3.8, 4) is 0 Å². The van der Waals surface area contributed by atoms with Crippen LogP contribution in [-0.2, 0) is 19.4 Å². The summed E-state index contributed by atoms with van der Waals surface area (Å²) in [6, 6.07) is 14.4. The van der Waals surface area contributed by atoms with Crippen LogP contribution in [0, 0.1) is 17.5 Å². The minimum atomic E-state index is -1.27. The van der Waals surface area contributed by atoms with Gasteiger partial charge in [-0.15, -0.1) is 0 Å². The molecule has 0 bridgehead atoms. The lowest BCUT2D eigenvalue weighted by atomic mass is 10.0. The van der Waals surface area contributed by atoms with Crippen LogP contribution < -0.4 is 11.3 Å². The quantitative estimate of drug-likeness (QED) is 0.308. The number of carbonyl (C=O) groups excluding carboxylic acids is 1. The van der Waals surface area contributed by atoms with E-state index >= 15 is 0 Å². The lowest BCUT2D eigenvalue weighted by molar-refractivity contribution is 0.0556. The standard InChI is InChI=1S/C29H28F3N3O3/c1-2-17-4-3-5-18(8-17)15-35(16-27(36)25(33)11-19-9-21(31)12-22(32)10-19)29(38)24-14-28(37)34-26-7-6-20(30)13-23(24)26/h3-10,12-14,25,27,36H,2,11,15-16,33H2,1H3,(H,34,37). The van der Waals surface area contributed by atoms with Crippen LogP contribution >= 0.6 is 0 Å². The maximum absolute atomic E-state index is 14.1. The minimum absolute atomic E-state index is 0.0251. The number of aromatic nitrogens is 1. The monoisotopic (exact) mass is 523 g/mol. The first kappa shape index (κ1) is 27.1. The number of nitrogens with zero attached hydrogens (tertiary/aromatic N) is 1. The van der Waals surface area contributed by atoms with Crippen LogP contribution in [0.25, 0.3) is 10.9 Å². The predicted molar refractivity (Wildman–Crippen MR) is 139 cm³/mol. The number of hydrogen-bond donors (Lipinski definition) is 3. The van der Waals surface area contributed by atoms with Gasteiger partial charge < -0.3 is 20.7 Å². The molecular weight excluding hydrogens is 495 g/mol. The minimum Gasteiger partial charge on any atom is -0.390 e. The van der Waals surface area contributed by atoms with Crippen molar-refractivity contribution in [2.75, 3.05) is 6.54 Å². The average Bonchev–Trinajstić information content (AvgIpc) is 2.87. The molecule has 6 nitrogen and oxygen atoms in total. The Morgan fingerprint density at radius 2 is 1.66 bits per heavy atom. The van der Waals surface area contributed by atoms with Gasteiger partial charge in [0.1, 0.15) is 17.5 Å². The fourth-order valence-corrected chi connectivity index (χ4v) is 4.46. The van der Waals surface area contributed by atoms with E-state index in [9.17, 15) is 27.9 Å². The maximum Gasteiger partial charge on any atom is 0.255 e. The highest BCUT2D eigenvalue weighted by molar-refractivity contribution is 6.06. The molecule has 0 spiro atoms. The maximum atomic E-state index is 14.1. The summed E-state index contributed by atoms with van der Waals surface area (Å²) >= 11 is 0. The van der Waals surface area contributed by atoms with Crippen LogP contribution in [0.15, 0.2) is 71.5 Å².